The second-order valence-electron chi connectivity index (χ2n) is 8.65. The Morgan fingerprint density at radius 1 is 1.17 bits per heavy atom. The van der Waals surface area contributed by atoms with Crippen molar-refractivity contribution in [2.45, 2.75) is 39.5 Å². The van der Waals surface area contributed by atoms with Crippen molar-refractivity contribution in [2.75, 3.05) is 5.32 Å². The van der Waals surface area contributed by atoms with Gasteiger partial charge in [0, 0.05) is 41.1 Å². The summed E-state index contributed by atoms with van der Waals surface area (Å²) in [6.07, 6.45) is 2.71. The summed E-state index contributed by atoms with van der Waals surface area (Å²) in [5, 5.41) is 6.14. The van der Waals surface area contributed by atoms with E-state index in [4.69, 9.17) is 0 Å². The number of Topliss-reactive ketones (excluding diaryl/α,β-unsaturated/α-hetero) is 1. The van der Waals surface area contributed by atoms with Gasteiger partial charge in [0.25, 0.3) is 5.91 Å². The van der Waals surface area contributed by atoms with E-state index in [1.54, 1.807) is 36.5 Å². The quantitative estimate of drug-likeness (QED) is 0.791. The summed E-state index contributed by atoms with van der Waals surface area (Å²) in [6.45, 7) is 5.96. The van der Waals surface area contributed by atoms with Gasteiger partial charge in [0.1, 0.15) is 11.6 Å². The van der Waals surface area contributed by atoms with E-state index in [-0.39, 0.29) is 22.9 Å². The number of dihydropyridines is 1. The summed E-state index contributed by atoms with van der Waals surface area (Å²) >= 11 is 0. The highest BCUT2D eigenvalue weighted by molar-refractivity contribution is 6.09. The molecule has 1 amide bonds. The monoisotopic (exact) mass is 405 g/mol. The Morgan fingerprint density at radius 2 is 1.90 bits per heavy atom. The van der Waals surface area contributed by atoms with E-state index in [0.717, 1.165) is 5.70 Å². The fraction of sp³-hybridized carbons (Fsp3) is 0.292. The molecule has 0 saturated carbocycles. The third kappa shape index (κ3) is 3.77. The molecule has 1 atom stereocenters. The van der Waals surface area contributed by atoms with Gasteiger partial charge in [-0.1, -0.05) is 32.0 Å². The van der Waals surface area contributed by atoms with Crippen molar-refractivity contribution in [3.63, 3.8) is 0 Å². The van der Waals surface area contributed by atoms with Gasteiger partial charge < -0.3 is 10.6 Å². The number of pyridine rings is 1. The maximum atomic E-state index is 13.6. The molecular formula is C24H24FN3O2. The van der Waals surface area contributed by atoms with Gasteiger partial charge >= 0.3 is 0 Å². The fourth-order valence-corrected chi connectivity index (χ4v) is 4.35. The molecule has 2 heterocycles. The van der Waals surface area contributed by atoms with E-state index in [9.17, 15) is 14.0 Å². The van der Waals surface area contributed by atoms with Crippen LogP contribution < -0.4 is 10.6 Å². The molecule has 0 spiro atoms. The maximum absolute atomic E-state index is 13.6. The molecule has 0 fully saturated rings. The second-order valence-corrected chi connectivity index (χ2v) is 8.65. The van der Waals surface area contributed by atoms with E-state index in [2.05, 4.69) is 29.5 Å². The molecule has 154 valence electrons. The topological polar surface area (TPSA) is 71.1 Å². The third-order valence-corrected chi connectivity index (χ3v) is 5.59. The lowest BCUT2D eigenvalue weighted by Gasteiger charge is -2.39. The number of nitrogens with zero attached hydrogens (tertiary/aromatic N) is 1. The Bertz CT molecular complexity index is 1070. The maximum Gasteiger partial charge on any atom is 0.255 e. The average Bonchev–Trinajstić information content (AvgIpc) is 2.67. The lowest BCUT2D eigenvalue weighted by atomic mass is 9.68. The number of rotatable bonds is 3. The van der Waals surface area contributed by atoms with Crippen LogP contribution in [0, 0.1) is 11.2 Å². The first-order valence-electron chi connectivity index (χ1n) is 9.97. The Kier molecular flexibility index (Phi) is 5.02. The molecule has 5 nitrogen and oxygen atoms in total. The SMILES string of the molecule is CC1=C(C(=O)Nc2ccccn2)[C@@H](c2ccc(F)cc2)C2=C(CC(C)(C)CC2=O)N1. The highest BCUT2D eigenvalue weighted by atomic mass is 19.1. The molecule has 1 aromatic carbocycles. The summed E-state index contributed by atoms with van der Waals surface area (Å²) in [4.78, 5) is 30.6. The van der Waals surface area contributed by atoms with Crippen LogP contribution in [0.15, 0.2) is 71.2 Å². The van der Waals surface area contributed by atoms with E-state index in [0.29, 0.717) is 41.1 Å². The number of amides is 1. The normalized spacial score (nSPS) is 20.5. The van der Waals surface area contributed by atoms with Crippen LogP contribution >= 0.6 is 0 Å². The Labute approximate surface area is 175 Å². The summed E-state index contributed by atoms with van der Waals surface area (Å²) in [5.41, 5.74) is 3.12. The molecule has 2 aromatic rings. The van der Waals surface area contributed by atoms with Gasteiger partial charge in [-0.05, 0) is 48.6 Å². The molecule has 4 rings (SSSR count). The van der Waals surface area contributed by atoms with Crippen molar-refractivity contribution in [2.24, 2.45) is 5.41 Å². The van der Waals surface area contributed by atoms with E-state index in [1.807, 2.05) is 6.92 Å². The number of carbonyl (C=O) groups excluding carboxylic acids is 2. The van der Waals surface area contributed by atoms with Crippen molar-refractivity contribution in [3.8, 4) is 0 Å². The highest BCUT2D eigenvalue weighted by Crippen LogP contribution is 2.46. The summed E-state index contributed by atoms with van der Waals surface area (Å²) in [5.74, 6) is -0.820. The average molecular weight is 405 g/mol. The minimum atomic E-state index is -0.561. The van der Waals surface area contributed by atoms with Gasteiger partial charge in [-0.2, -0.15) is 0 Å². The lowest BCUT2D eigenvalue weighted by Crippen LogP contribution is -2.39. The third-order valence-electron chi connectivity index (χ3n) is 5.59. The number of anilines is 1. The number of halogens is 1. The zero-order chi connectivity index (χ0) is 21.5. The first kappa shape index (κ1) is 20.0. The molecule has 1 aliphatic heterocycles. The molecule has 6 heteroatoms. The van der Waals surface area contributed by atoms with E-state index >= 15 is 0 Å². The number of hydrogen-bond donors (Lipinski definition) is 2. The van der Waals surface area contributed by atoms with Crippen LogP contribution in [0.2, 0.25) is 0 Å². The van der Waals surface area contributed by atoms with Gasteiger partial charge in [-0.25, -0.2) is 9.37 Å². The molecule has 1 aromatic heterocycles. The lowest BCUT2D eigenvalue weighted by molar-refractivity contribution is -0.118. The standard InChI is InChI=1S/C24H24FN3O2/c1-14-20(23(30)28-19-6-4-5-11-26-19)21(15-7-9-16(25)10-8-15)22-17(27-14)12-24(2,3)13-18(22)29/h4-11,21,27H,12-13H2,1-3H3,(H,26,28,30)/t21-/m1/s1. The molecule has 2 N–H and O–H groups in total. The van der Waals surface area contributed by atoms with Crippen molar-refractivity contribution in [3.05, 3.63) is 82.6 Å². The predicted octanol–water partition coefficient (Wildman–Crippen LogP) is 4.46. The Hall–Kier alpha value is -3.28. The number of hydrogen-bond acceptors (Lipinski definition) is 4. The van der Waals surface area contributed by atoms with Gasteiger partial charge in [-0.3, -0.25) is 9.59 Å². The summed E-state index contributed by atoms with van der Waals surface area (Å²) in [7, 11) is 0. The van der Waals surface area contributed by atoms with Gasteiger partial charge in [0.05, 0.1) is 0 Å². The van der Waals surface area contributed by atoms with Gasteiger partial charge in [0.15, 0.2) is 5.78 Å². The van der Waals surface area contributed by atoms with E-state index < -0.39 is 5.92 Å². The minimum absolute atomic E-state index is 0.0127. The van der Waals surface area contributed by atoms with Crippen LogP contribution in [0.1, 0.15) is 45.1 Å². The number of carbonyl (C=O) groups is 2. The molecule has 0 unspecified atom stereocenters. The van der Waals surface area contributed by atoms with Crippen molar-refractivity contribution < 1.29 is 14.0 Å². The van der Waals surface area contributed by atoms with Crippen molar-refractivity contribution >= 4 is 17.5 Å². The molecular weight excluding hydrogens is 381 g/mol. The van der Waals surface area contributed by atoms with Crippen LogP contribution in [0.5, 0.6) is 0 Å². The van der Waals surface area contributed by atoms with Gasteiger partial charge in [0.2, 0.25) is 0 Å². The minimum Gasteiger partial charge on any atom is -0.362 e. The number of benzene rings is 1. The Morgan fingerprint density at radius 3 is 2.57 bits per heavy atom. The van der Waals surface area contributed by atoms with Crippen LogP contribution in [0.4, 0.5) is 10.2 Å². The molecule has 0 bridgehead atoms. The zero-order valence-corrected chi connectivity index (χ0v) is 17.3. The smallest absolute Gasteiger partial charge is 0.255 e. The molecule has 0 radical (unpaired) electrons. The van der Waals surface area contributed by atoms with Crippen LogP contribution in [-0.4, -0.2) is 16.7 Å². The first-order chi connectivity index (χ1) is 14.2. The van der Waals surface area contributed by atoms with Crippen molar-refractivity contribution in [1.29, 1.82) is 0 Å². The molecule has 2 aliphatic rings. The number of ketones is 1. The highest BCUT2D eigenvalue weighted by Gasteiger charge is 2.42. The van der Waals surface area contributed by atoms with Crippen LogP contribution in [0.3, 0.4) is 0 Å². The predicted molar refractivity (Wildman–Crippen MR) is 113 cm³/mol. The fourth-order valence-electron chi connectivity index (χ4n) is 4.35. The van der Waals surface area contributed by atoms with Crippen LogP contribution in [-0.2, 0) is 9.59 Å². The van der Waals surface area contributed by atoms with E-state index in [1.165, 1.54) is 12.1 Å². The largest absolute Gasteiger partial charge is 0.362 e. The number of aromatic nitrogens is 1. The summed E-state index contributed by atoms with van der Waals surface area (Å²) in [6, 6.07) is 11.3. The van der Waals surface area contributed by atoms with Crippen LogP contribution in [0.25, 0.3) is 0 Å². The number of allylic oxidation sites excluding steroid dienone is 3. The summed E-state index contributed by atoms with van der Waals surface area (Å²) < 4.78 is 13.6. The molecule has 1 aliphatic carbocycles. The second kappa shape index (κ2) is 7.52. The van der Waals surface area contributed by atoms with Crippen molar-refractivity contribution in [1.82, 2.24) is 10.3 Å². The molecule has 30 heavy (non-hydrogen) atoms. The molecule has 0 saturated heterocycles. The van der Waals surface area contributed by atoms with Gasteiger partial charge in [-0.15, -0.1) is 0 Å². The Balaban J connectivity index is 1.81. The first-order valence-corrected chi connectivity index (χ1v) is 9.97. The zero-order valence-electron chi connectivity index (χ0n) is 17.3. The number of nitrogens with one attached hydrogen (secondary N) is 2.